The van der Waals surface area contributed by atoms with E-state index in [0.717, 1.165) is 5.56 Å². The zero-order valence-corrected chi connectivity index (χ0v) is 17.8. The summed E-state index contributed by atoms with van der Waals surface area (Å²) < 4.78 is 38.7. The van der Waals surface area contributed by atoms with Gasteiger partial charge >= 0.3 is 6.09 Å². The van der Waals surface area contributed by atoms with E-state index in [4.69, 9.17) is 9.47 Å². The molecule has 10 heteroatoms. The van der Waals surface area contributed by atoms with E-state index in [2.05, 4.69) is 14.9 Å². The Hall–Kier alpha value is -2.75. The first kappa shape index (κ1) is 21.0. The third-order valence-electron chi connectivity index (χ3n) is 4.26. The number of benzene rings is 1. The number of rotatable bonds is 5. The van der Waals surface area contributed by atoms with E-state index in [1.165, 1.54) is 12.1 Å². The summed E-state index contributed by atoms with van der Waals surface area (Å²) in [5, 5.41) is 6.93. The summed E-state index contributed by atoms with van der Waals surface area (Å²) in [6.07, 6.45) is 0.0564. The van der Waals surface area contributed by atoms with E-state index in [0.29, 0.717) is 31.0 Å². The molecule has 0 unspecified atom stereocenters. The number of nitrogens with zero attached hydrogens (tertiary/aromatic N) is 2. The summed E-state index contributed by atoms with van der Waals surface area (Å²) >= 11 is 0. The molecule has 1 aromatic carbocycles. The van der Waals surface area contributed by atoms with Gasteiger partial charge in [-0.25, -0.2) is 13.2 Å². The van der Waals surface area contributed by atoms with E-state index >= 15 is 0 Å². The summed E-state index contributed by atoms with van der Waals surface area (Å²) in [6, 6.07) is 6.18. The molecule has 0 spiro atoms. The first-order valence-electron chi connectivity index (χ1n) is 9.39. The molecule has 0 saturated carbocycles. The van der Waals surface area contributed by atoms with Crippen molar-refractivity contribution in [3.63, 3.8) is 0 Å². The Kier molecular flexibility index (Phi) is 5.74. The molecule has 1 amide bonds. The van der Waals surface area contributed by atoms with Crippen molar-refractivity contribution in [3.05, 3.63) is 35.5 Å². The van der Waals surface area contributed by atoms with Gasteiger partial charge in [0.25, 0.3) is 10.0 Å². The number of ether oxygens (including phenoxy) is 2. The van der Waals surface area contributed by atoms with Crippen molar-refractivity contribution in [2.45, 2.75) is 51.2 Å². The van der Waals surface area contributed by atoms with E-state index in [1.807, 2.05) is 27.7 Å². The molecule has 2 heterocycles. The molecule has 3 rings (SSSR count). The van der Waals surface area contributed by atoms with Crippen LogP contribution >= 0.6 is 0 Å². The number of carbonyl (C=O) groups is 1. The highest BCUT2D eigenvalue weighted by atomic mass is 32.2. The summed E-state index contributed by atoms with van der Waals surface area (Å²) in [7, 11) is -3.80. The normalized spacial score (nSPS) is 14.3. The Morgan fingerprint density at radius 2 is 1.97 bits per heavy atom. The Balaban J connectivity index is 1.72. The van der Waals surface area contributed by atoms with Crippen LogP contribution in [0.4, 0.5) is 10.6 Å². The fraction of sp³-hybridized carbons (Fsp3) is 0.474. The summed E-state index contributed by atoms with van der Waals surface area (Å²) in [6.45, 7) is 8.49. The molecule has 0 saturated heterocycles. The first-order valence-corrected chi connectivity index (χ1v) is 10.9. The molecule has 0 fully saturated rings. The van der Waals surface area contributed by atoms with Gasteiger partial charge in [0.05, 0.1) is 23.7 Å². The van der Waals surface area contributed by atoms with E-state index < -0.39 is 21.7 Å². The molecule has 0 bridgehead atoms. The smallest absolute Gasteiger partial charge is 0.410 e. The SMILES string of the molecule is CCOc1ccc(S(=O)(=O)Nc2n[nH]c3c2CCN(C(=O)OC(C)(C)C)C3)cc1. The number of nitrogens with one attached hydrogen (secondary N) is 2. The van der Waals surface area contributed by atoms with Crippen LogP contribution in [0.3, 0.4) is 0 Å². The molecule has 1 aliphatic heterocycles. The van der Waals surface area contributed by atoms with Crippen molar-refractivity contribution in [3.8, 4) is 5.75 Å². The Bertz CT molecular complexity index is 977. The van der Waals surface area contributed by atoms with Crippen molar-refractivity contribution >= 4 is 21.9 Å². The van der Waals surface area contributed by atoms with E-state index in [1.54, 1.807) is 17.0 Å². The number of anilines is 1. The lowest BCUT2D eigenvalue weighted by Gasteiger charge is -2.29. The predicted molar refractivity (Wildman–Crippen MR) is 107 cm³/mol. The average Bonchev–Trinajstić information content (AvgIpc) is 3.02. The topological polar surface area (TPSA) is 114 Å². The van der Waals surface area contributed by atoms with Gasteiger partial charge in [-0.15, -0.1) is 0 Å². The number of H-pyrrole nitrogens is 1. The third-order valence-corrected chi connectivity index (χ3v) is 5.62. The first-order chi connectivity index (χ1) is 13.6. The second kappa shape index (κ2) is 7.94. The fourth-order valence-corrected chi connectivity index (χ4v) is 3.99. The number of fused-ring (bicyclic) bond motifs is 1. The van der Waals surface area contributed by atoms with Crippen LogP contribution in [-0.4, -0.2) is 48.4 Å². The Labute approximate surface area is 170 Å². The van der Waals surface area contributed by atoms with Crippen LogP contribution in [0.25, 0.3) is 0 Å². The van der Waals surface area contributed by atoms with Crippen LogP contribution in [0.2, 0.25) is 0 Å². The van der Waals surface area contributed by atoms with Gasteiger partial charge in [-0.3, -0.25) is 9.82 Å². The maximum atomic E-state index is 12.7. The van der Waals surface area contributed by atoms with Crippen molar-refractivity contribution in [1.29, 1.82) is 0 Å². The molecular formula is C19H26N4O5S. The predicted octanol–water partition coefficient (Wildman–Crippen LogP) is 2.90. The largest absolute Gasteiger partial charge is 0.494 e. The number of hydrogen-bond acceptors (Lipinski definition) is 6. The zero-order valence-electron chi connectivity index (χ0n) is 17.0. The second-order valence-electron chi connectivity index (χ2n) is 7.69. The van der Waals surface area contributed by atoms with E-state index in [-0.39, 0.29) is 17.3 Å². The second-order valence-corrected chi connectivity index (χ2v) is 9.37. The van der Waals surface area contributed by atoms with Gasteiger partial charge in [-0.05, 0) is 58.4 Å². The summed E-state index contributed by atoms with van der Waals surface area (Å²) in [5.41, 5.74) is 0.856. The van der Waals surface area contributed by atoms with Crippen LogP contribution < -0.4 is 9.46 Å². The Morgan fingerprint density at radius 3 is 2.59 bits per heavy atom. The fourth-order valence-electron chi connectivity index (χ4n) is 2.95. The minimum atomic E-state index is -3.80. The van der Waals surface area contributed by atoms with Gasteiger partial charge < -0.3 is 14.4 Å². The molecule has 0 aliphatic carbocycles. The molecule has 29 heavy (non-hydrogen) atoms. The molecule has 0 radical (unpaired) electrons. The van der Waals surface area contributed by atoms with Gasteiger partial charge in [-0.2, -0.15) is 5.10 Å². The highest BCUT2D eigenvalue weighted by Crippen LogP contribution is 2.27. The van der Waals surface area contributed by atoms with Gasteiger partial charge in [-0.1, -0.05) is 0 Å². The molecule has 1 aliphatic rings. The van der Waals surface area contributed by atoms with Crippen LogP contribution in [0.15, 0.2) is 29.2 Å². The van der Waals surface area contributed by atoms with Crippen LogP contribution in [-0.2, 0) is 27.7 Å². The van der Waals surface area contributed by atoms with Crippen LogP contribution in [0.5, 0.6) is 5.75 Å². The van der Waals surface area contributed by atoms with Crippen LogP contribution in [0, 0.1) is 0 Å². The van der Waals surface area contributed by atoms with Crippen molar-refractivity contribution in [1.82, 2.24) is 15.1 Å². The monoisotopic (exact) mass is 422 g/mol. The highest BCUT2D eigenvalue weighted by molar-refractivity contribution is 7.92. The molecular weight excluding hydrogens is 396 g/mol. The number of sulfonamides is 1. The molecule has 1 aromatic heterocycles. The average molecular weight is 423 g/mol. The lowest BCUT2D eigenvalue weighted by atomic mass is 10.1. The number of hydrogen-bond donors (Lipinski definition) is 2. The summed E-state index contributed by atoms with van der Waals surface area (Å²) in [4.78, 5) is 13.9. The maximum Gasteiger partial charge on any atom is 0.410 e. The maximum absolute atomic E-state index is 12.7. The lowest BCUT2D eigenvalue weighted by Crippen LogP contribution is -2.39. The molecule has 158 valence electrons. The van der Waals surface area contributed by atoms with Gasteiger partial charge in [0.15, 0.2) is 5.82 Å². The van der Waals surface area contributed by atoms with Crippen molar-refractivity contribution in [2.75, 3.05) is 17.9 Å². The number of amides is 1. The molecule has 2 aromatic rings. The number of carbonyl (C=O) groups excluding carboxylic acids is 1. The standard InChI is InChI=1S/C19H26N4O5S/c1-5-27-13-6-8-14(9-7-13)29(25,26)22-17-15-10-11-23(12-16(15)20-21-17)18(24)28-19(2,3)4/h6-9H,5,10-12H2,1-4H3,(H2,20,21,22). The van der Waals surface area contributed by atoms with Gasteiger partial charge in [0.1, 0.15) is 11.4 Å². The molecule has 2 N–H and O–H groups in total. The lowest BCUT2D eigenvalue weighted by molar-refractivity contribution is 0.0221. The van der Waals surface area contributed by atoms with Crippen molar-refractivity contribution < 1.29 is 22.7 Å². The quantitative estimate of drug-likeness (QED) is 0.766. The van der Waals surface area contributed by atoms with Crippen LogP contribution in [0.1, 0.15) is 39.0 Å². The molecule has 9 nitrogen and oxygen atoms in total. The Morgan fingerprint density at radius 1 is 1.28 bits per heavy atom. The number of aromatic amines is 1. The summed E-state index contributed by atoms with van der Waals surface area (Å²) in [5.74, 6) is 0.851. The molecule has 0 atom stereocenters. The minimum absolute atomic E-state index is 0.115. The van der Waals surface area contributed by atoms with Crippen molar-refractivity contribution in [2.24, 2.45) is 0 Å². The minimum Gasteiger partial charge on any atom is -0.494 e. The van der Waals surface area contributed by atoms with Gasteiger partial charge in [0, 0.05) is 12.1 Å². The zero-order chi connectivity index (χ0) is 21.2. The number of aromatic nitrogens is 2. The van der Waals surface area contributed by atoms with Gasteiger partial charge in [0.2, 0.25) is 0 Å². The van der Waals surface area contributed by atoms with E-state index in [9.17, 15) is 13.2 Å². The third kappa shape index (κ3) is 5.00. The highest BCUT2D eigenvalue weighted by Gasteiger charge is 2.29.